The maximum absolute atomic E-state index is 12.2. The molecule has 18 heavy (non-hydrogen) atoms. The molecule has 0 aliphatic rings. The van der Waals surface area contributed by atoms with Crippen molar-refractivity contribution in [2.45, 2.75) is 9.79 Å². The smallest absolute Gasteiger partial charge is 0.224 e. The highest BCUT2D eigenvalue weighted by Gasteiger charge is 2.15. The van der Waals surface area contributed by atoms with Crippen LogP contribution in [0.25, 0.3) is 0 Å². The van der Waals surface area contributed by atoms with E-state index in [2.05, 4.69) is 0 Å². The minimum Gasteiger partial charge on any atom is -0.503 e. The van der Waals surface area contributed by atoms with Crippen molar-refractivity contribution < 1.29 is 14.4 Å². The van der Waals surface area contributed by atoms with Crippen molar-refractivity contribution in [3.63, 3.8) is 0 Å². The molecule has 0 saturated carbocycles. The summed E-state index contributed by atoms with van der Waals surface area (Å²) in [6.07, 6.45) is 0. The molecule has 2 rings (SSSR count). The van der Waals surface area contributed by atoms with Gasteiger partial charge in [0.05, 0.1) is 15.7 Å². The van der Waals surface area contributed by atoms with Crippen LogP contribution in [0.2, 0.25) is 0 Å². The van der Waals surface area contributed by atoms with E-state index in [9.17, 15) is 19.2 Å². The summed E-state index contributed by atoms with van der Waals surface area (Å²) in [5.74, 6) is -1.44. The fourth-order valence-corrected chi connectivity index (χ4v) is 2.57. The van der Waals surface area contributed by atoms with Gasteiger partial charge < -0.3 is 10.2 Å². The van der Waals surface area contributed by atoms with Crippen LogP contribution in [0.15, 0.2) is 63.1 Å². The molecule has 1 atom stereocenters. The lowest BCUT2D eigenvalue weighted by Crippen LogP contribution is -1.95. The molecule has 0 heterocycles. The summed E-state index contributed by atoms with van der Waals surface area (Å²) in [4.78, 5) is 11.7. The van der Waals surface area contributed by atoms with Crippen LogP contribution in [0.1, 0.15) is 0 Å². The van der Waals surface area contributed by atoms with Crippen molar-refractivity contribution in [3.05, 3.63) is 58.8 Å². The lowest BCUT2D eigenvalue weighted by molar-refractivity contribution is 0.393. The first-order valence-electron chi connectivity index (χ1n) is 5.13. The molecule has 0 bridgehead atoms. The number of hydrogen-bond acceptors (Lipinski definition) is 4. The summed E-state index contributed by atoms with van der Waals surface area (Å²) in [7, 11) is -1.66. The third kappa shape index (κ3) is 2.26. The molecule has 2 aromatic carbocycles. The van der Waals surface area contributed by atoms with Crippen LogP contribution < -0.4 is 5.43 Å². The molecular formula is C13H10O4S. The maximum atomic E-state index is 12.2. The summed E-state index contributed by atoms with van der Waals surface area (Å²) in [6, 6.07) is 12.3. The predicted molar refractivity (Wildman–Crippen MR) is 67.2 cm³/mol. The molecule has 4 nitrogen and oxygen atoms in total. The van der Waals surface area contributed by atoms with Crippen LogP contribution >= 0.6 is 0 Å². The highest BCUT2D eigenvalue weighted by molar-refractivity contribution is 7.85. The van der Waals surface area contributed by atoms with Gasteiger partial charge in [0.15, 0.2) is 5.75 Å². The van der Waals surface area contributed by atoms with Gasteiger partial charge >= 0.3 is 0 Å². The minimum absolute atomic E-state index is 0.000741. The molecule has 0 aliphatic heterocycles. The lowest BCUT2D eigenvalue weighted by Gasteiger charge is -2.02. The number of hydrogen-bond donors (Lipinski definition) is 2. The Morgan fingerprint density at radius 2 is 1.50 bits per heavy atom. The topological polar surface area (TPSA) is 74.6 Å². The van der Waals surface area contributed by atoms with Gasteiger partial charge in [-0.05, 0) is 24.3 Å². The van der Waals surface area contributed by atoms with Gasteiger partial charge in [-0.15, -0.1) is 0 Å². The standard InChI is InChI=1S/C13H10O4S/c14-10-7-4-8-11(13(16)12(10)15)18(17)9-5-2-1-3-6-9/h1-8H,(H2,14,15,16). The van der Waals surface area contributed by atoms with Crippen LogP contribution in [0.4, 0.5) is 0 Å². The van der Waals surface area contributed by atoms with Gasteiger partial charge in [0.2, 0.25) is 11.2 Å². The summed E-state index contributed by atoms with van der Waals surface area (Å²) in [5, 5.41) is 19.2. The van der Waals surface area contributed by atoms with Gasteiger partial charge in [0.25, 0.3) is 0 Å². The van der Waals surface area contributed by atoms with E-state index < -0.39 is 27.7 Å². The minimum atomic E-state index is -1.66. The number of benzene rings is 1. The third-order valence-electron chi connectivity index (χ3n) is 2.34. The Kier molecular flexibility index (Phi) is 3.43. The van der Waals surface area contributed by atoms with E-state index in [1.54, 1.807) is 30.3 Å². The molecule has 0 saturated heterocycles. The van der Waals surface area contributed by atoms with Crippen molar-refractivity contribution in [1.29, 1.82) is 0 Å². The zero-order chi connectivity index (χ0) is 13.1. The van der Waals surface area contributed by atoms with Gasteiger partial charge in [-0.1, -0.05) is 24.3 Å². The second-order valence-corrected chi connectivity index (χ2v) is 4.98. The lowest BCUT2D eigenvalue weighted by atomic mass is 10.4. The average molecular weight is 262 g/mol. The first-order chi connectivity index (χ1) is 8.61. The van der Waals surface area contributed by atoms with E-state index in [4.69, 9.17) is 0 Å². The van der Waals surface area contributed by atoms with Gasteiger partial charge in [-0.2, -0.15) is 0 Å². The molecule has 92 valence electrons. The van der Waals surface area contributed by atoms with Gasteiger partial charge in [0.1, 0.15) is 0 Å². The van der Waals surface area contributed by atoms with Crippen LogP contribution in [0, 0.1) is 0 Å². The van der Waals surface area contributed by atoms with E-state index in [1.807, 2.05) is 0 Å². The Hall–Kier alpha value is -2.14. The van der Waals surface area contributed by atoms with Crippen molar-refractivity contribution in [2.24, 2.45) is 0 Å². The Labute approximate surface area is 106 Å². The summed E-state index contributed by atoms with van der Waals surface area (Å²) in [6.45, 7) is 0. The Morgan fingerprint density at radius 1 is 0.833 bits per heavy atom. The van der Waals surface area contributed by atoms with Gasteiger partial charge in [-0.25, -0.2) is 4.21 Å². The van der Waals surface area contributed by atoms with E-state index >= 15 is 0 Å². The van der Waals surface area contributed by atoms with Crippen LogP contribution in [0.3, 0.4) is 0 Å². The predicted octanol–water partition coefficient (Wildman–Crippen LogP) is 1.62. The number of aromatic hydroxyl groups is 2. The summed E-state index contributed by atoms with van der Waals surface area (Å²) >= 11 is 0. The SMILES string of the molecule is O=c1cccc(S(=O)c2ccccc2)c(O)c1O. The molecule has 0 amide bonds. The van der Waals surface area contributed by atoms with E-state index in [0.717, 1.165) is 6.07 Å². The van der Waals surface area contributed by atoms with E-state index in [0.29, 0.717) is 4.90 Å². The maximum Gasteiger partial charge on any atom is 0.224 e. The highest BCUT2D eigenvalue weighted by Crippen LogP contribution is 2.29. The van der Waals surface area contributed by atoms with Crippen molar-refractivity contribution in [2.75, 3.05) is 0 Å². The largest absolute Gasteiger partial charge is 0.503 e. The molecule has 0 aliphatic carbocycles. The Balaban J connectivity index is 2.61. The molecule has 2 aromatic rings. The molecule has 0 fully saturated rings. The molecule has 1 unspecified atom stereocenters. The number of rotatable bonds is 2. The summed E-state index contributed by atoms with van der Waals surface area (Å²) in [5.41, 5.74) is -0.719. The molecule has 0 spiro atoms. The highest BCUT2D eigenvalue weighted by atomic mass is 32.2. The monoisotopic (exact) mass is 262 g/mol. The Morgan fingerprint density at radius 3 is 2.17 bits per heavy atom. The first-order valence-corrected chi connectivity index (χ1v) is 6.28. The summed E-state index contributed by atoms with van der Waals surface area (Å²) < 4.78 is 12.2. The first kappa shape index (κ1) is 12.3. The molecule has 2 N–H and O–H groups in total. The Bertz CT molecular complexity index is 653. The van der Waals surface area contributed by atoms with Gasteiger partial charge in [0, 0.05) is 4.90 Å². The quantitative estimate of drug-likeness (QED) is 0.862. The van der Waals surface area contributed by atoms with Crippen LogP contribution in [-0.4, -0.2) is 14.4 Å². The van der Waals surface area contributed by atoms with Crippen molar-refractivity contribution >= 4 is 10.8 Å². The van der Waals surface area contributed by atoms with Crippen LogP contribution in [0.5, 0.6) is 11.5 Å². The molecular weight excluding hydrogens is 252 g/mol. The molecule has 0 radical (unpaired) electrons. The zero-order valence-corrected chi connectivity index (χ0v) is 10.1. The normalized spacial score (nSPS) is 12.0. The molecule has 0 aromatic heterocycles. The second-order valence-electron chi connectivity index (χ2n) is 3.53. The van der Waals surface area contributed by atoms with E-state index in [-0.39, 0.29) is 4.90 Å². The fourth-order valence-electron chi connectivity index (χ4n) is 1.43. The van der Waals surface area contributed by atoms with Crippen LogP contribution in [-0.2, 0) is 10.8 Å². The van der Waals surface area contributed by atoms with Crippen molar-refractivity contribution in [3.8, 4) is 11.5 Å². The molecule has 5 heteroatoms. The second kappa shape index (κ2) is 5.01. The third-order valence-corrected chi connectivity index (χ3v) is 3.77. The average Bonchev–Trinajstić information content (AvgIpc) is 2.53. The van der Waals surface area contributed by atoms with E-state index in [1.165, 1.54) is 12.1 Å². The zero-order valence-electron chi connectivity index (χ0n) is 9.24. The van der Waals surface area contributed by atoms with Crippen molar-refractivity contribution in [1.82, 2.24) is 0 Å². The van der Waals surface area contributed by atoms with Gasteiger partial charge in [-0.3, -0.25) is 4.79 Å². The fraction of sp³-hybridized carbons (Fsp3) is 0.